The highest BCUT2D eigenvalue weighted by molar-refractivity contribution is 6.02. The molecule has 3 aliphatic heterocycles. The molecule has 0 aliphatic carbocycles. The van der Waals surface area contributed by atoms with E-state index in [-0.39, 0.29) is 36.3 Å². The summed E-state index contributed by atoms with van der Waals surface area (Å²) in [6.07, 6.45) is 2.97. The molecule has 3 unspecified atom stereocenters. The number of nitrogens with one attached hydrogen (secondary N) is 2. The van der Waals surface area contributed by atoms with Gasteiger partial charge in [-0.05, 0) is 69.7 Å². The maximum atomic E-state index is 14.1. The standard InChI is InChI=1S/C29H43N3O6/c1-6-8-18(5)30-27(35)25-29-14-13-22(38-29)23(24(29)28(36)32(25)20(16-33)15-17(3)4)26(34)31-19-9-11-21(12-10-19)37-7-2/h9-12,17-18,20,22-25,33H,6-8,13-16H2,1-5H3,(H,30,35)(H,31,34)/t18?,20-,22+,23-,24+,25?,29?/m1/s1. The minimum Gasteiger partial charge on any atom is -0.494 e. The molecule has 7 atom stereocenters. The average Bonchev–Trinajstić information content (AvgIpc) is 3.51. The van der Waals surface area contributed by atoms with Gasteiger partial charge in [0.2, 0.25) is 17.7 Å². The zero-order valence-electron chi connectivity index (χ0n) is 23.2. The van der Waals surface area contributed by atoms with Crippen molar-refractivity contribution >= 4 is 23.4 Å². The minimum atomic E-state index is -1.08. The molecule has 0 saturated carbocycles. The molecule has 3 aliphatic rings. The van der Waals surface area contributed by atoms with Crippen molar-refractivity contribution in [2.24, 2.45) is 17.8 Å². The van der Waals surface area contributed by atoms with E-state index in [0.717, 1.165) is 12.8 Å². The molecule has 0 radical (unpaired) electrons. The van der Waals surface area contributed by atoms with E-state index >= 15 is 0 Å². The van der Waals surface area contributed by atoms with Crippen LogP contribution >= 0.6 is 0 Å². The number of ether oxygens (including phenoxy) is 2. The van der Waals surface area contributed by atoms with E-state index in [2.05, 4.69) is 17.6 Å². The first-order valence-electron chi connectivity index (χ1n) is 14.1. The Morgan fingerprint density at radius 3 is 2.50 bits per heavy atom. The molecule has 2 bridgehead atoms. The smallest absolute Gasteiger partial charge is 0.246 e. The van der Waals surface area contributed by atoms with Crippen LogP contribution in [-0.2, 0) is 19.1 Å². The number of carbonyl (C=O) groups excluding carboxylic acids is 3. The number of hydrogen-bond donors (Lipinski definition) is 3. The van der Waals surface area contributed by atoms with Gasteiger partial charge in [-0.2, -0.15) is 0 Å². The van der Waals surface area contributed by atoms with Crippen molar-refractivity contribution in [1.82, 2.24) is 10.2 Å². The van der Waals surface area contributed by atoms with Crippen LogP contribution in [0.2, 0.25) is 0 Å². The van der Waals surface area contributed by atoms with E-state index < -0.39 is 35.6 Å². The average molecular weight is 530 g/mol. The first-order valence-corrected chi connectivity index (χ1v) is 14.1. The minimum absolute atomic E-state index is 0.0602. The molecule has 210 valence electrons. The number of amides is 3. The van der Waals surface area contributed by atoms with Gasteiger partial charge in [0.15, 0.2) is 0 Å². The van der Waals surface area contributed by atoms with Gasteiger partial charge in [0.1, 0.15) is 17.4 Å². The van der Waals surface area contributed by atoms with Gasteiger partial charge in [0.25, 0.3) is 0 Å². The molecule has 3 heterocycles. The number of fused-ring (bicyclic) bond motifs is 1. The molecule has 4 rings (SSSR count). The summed E-state index contributed by atoms with van der Waals surface area (Å²) in [6, 6.07) is 5.64. The van der Waals surface area contributed by atoms with Gasteiger partial charge < -0.3 is 30.1 Å². The van der Waals surface area contributed by atoms with Crippen LogP contribution in [-0.4, -0.2) is 70.8 Å². The first kappa shape index (κ1) is 28.4. The molecule has 9 heteroatoms. The zero-order valence-corrected chi connectivity index (χ0v) is 23.2. The van der Waals surface area contributed by atoms with Gasteiger partial charge in [-0.25, -0.2) is 0 Å². The summed E-state index contributed by atoms with van der Waals surface area (Å²) in [6.45, 7) is 10.3. The summed E-state index contributed by atoms with van der Waals surface area (Å²) in [5.41, 5.74) is -0.475. The summed E-state index contributed by atoms with van der Waals surface area (Å²) >= 11 is 0. The molecule has 1 aromatic rings. The summed E-state index contributed by atoms with van der Waals surface area (Å²) in [4.78, 5) is 43.1. The Bertz CT molecular complexity index is 1010. The van der Waals surface area contributed by atoms with Crippen molar-refractivity contribution in [3.05, 3.63) is 24.3 Å². The van der Waals surface area contributed by atoms with Crippen LogP contribution in [0.5, 0.6) is 5.75 Å². The Kier molecular flexibility index (Phi) is 8.67. The van der Waals surface area contributed by atoms with Crippen LogP contribution in [0.25, 0.3) is 0 Å². The maximum Gasteiger partial charge on any atom is 0.246 e. The molecule has 3 N–H and O–H groups in total. The van der Waals surface area contributed by atoms with E-state index in [1.165, 1.54) is 0 Å². The lowest BCUT2D eigenvalue weighted by molar-refractivity contribution is -0.145. The lowest BCUT2D eigenvalue weighted by Gasteiger charge is -2.37. The number of benzene rings is 1. The van der Waals surface area contributed by atoms with E-state index in [1.807, 2.05) is 27.7 Å². The van der Waals surface area contributed by atoms with Crippen molar-refractivity contribution in [3.8, 4) is 5.75 Å². The topological polar surface area (TPSA) is 117 Å². The highest BCUT2D eigenvalue weighted by Gasteiger charge is 2.75. The molecule has 3 fully saturated rings. The van der Waals surface area contributed by atoms with E-state index in [4.69, 9.17) is 9.47 Å². The molecular weight excluding hydrogens is 486 g/mol. The van der Waals surface area contributed by atoms with Crippen molar-refractivity contribution < 1.29 is 29.0 Å². The number of rotatable bonds is 12. The summed E-state index contributed by atoms with van der Waals surface area (Å²) in [7, 11) is 0. The Hall–Kier alpha value is -2.65. The van der Waals surface area contributed by atoms with Gasteiger partial charge in [-0.3, -0.25) is 14.4 Å². The van der Waals surface area contributed by atoms with Crippen LogP contribution in [0.15, 0.2) is 24.3 Å². The fourth-order valence-corrected chi connectivity index (χ4v) is 6.76. The van der Waals surface area contributed by atoms with Crippen molar-refractivity contribution in [3.63, 3.8) is 0 Å². The quantitative estimate of drug-likeness (QED) is 0.383. The van der Waals surface area contributed by atoms with Gasteiger partial charge in [0, 0.05) is 11.7 Å². The monoisotopic (exact) mass is 529 g/mol. The Morgan fingerprint density at radius 1 is 1.18 bits per heavy atom. The lowest BCUT2D eigenvalue weighted by atomic mass is 9.70. The zero-order chi connectivity index (χ0) is 27.6. The fourth-order valence-electron chi connectivity index (χ4n) is 6.76. The second-order valence-electron chi connectivity index (χ2n) is 11.4. The molecule has 3 amide bonds. The van der Waals surface area contributed by atoms with Gasteiger partial charge >= 0.3 is 0 Å². The number of likely N-dealkylation sites (tertiary alicyclic amines) is 1. The van der Waals surface area contributed by atoms with Crippen molar-refractivity contribution in [2.75, 3.05) is 18.5 Å². The molecular formula is C29H43N3O6. The van der Waals surface area contributed by atoms with Gasteiger partial charge in [0.05, 0.1) is 37.2 Å². The highest BCUT2D eigenvalue weighted by atomic mass is 16.5. The second kappa shape index (κ2) is 11.6. The van der Waals surface area contributed by atoms with Gasteiger partial charge in [-0.15, -0.1) is 0 Å². The predicted octanol–water partition coefficient (Wildman–Crippen LogP) is 3.11. The third kappa shape index (κ3) is 5.15. The summed E-state index contributed by atoms with van der Waals surface area (Å²) in [5.74, 6) is -1.41. The number of aliphatic hydroxyl groups is 1. The van der Waals surface area contributed by atoms with E-state index in [0.29, 0.717) is 37.3 Å². The molecule has 1 aromatic carbocycles. The predicted molar refractivity (Wildman–Crippen MR) is 144 cm³/mol. The molecule has 0 aromatic heterocycles. The molecule has 1 spiro atoms. The van der Waals surface area contributed by atoms with Crippen molar-refractivity contribution in [1.29, 1.82) is 0 Å². The Morgan fingerprint density at radius 2 is 1.89 bits per heavy atom. The van der Waals surface area contributed by atoms with E-state index in [1.54, 1.807) is 29.2 Å². The summed E-state index contributed by atoms with van der Waals surface area (Å²) < 4.78 is 12.0. The number of carbonyl (C=O) groups is 3. The fraction of sp³-hybridized carbons (Fsp3) is 0.690. The van der Waals surface area contributed by atoms with Crippen LogP contribution in [0.4, 0.5) is 5.69 Å². The number of anilines is 1. The number of aliphatic hydroxyl groups excluding tert-OH is 1. The largest absolute Gasteiger partial charge is 0.494 e. The summed E-state index contributed by atoms with van der Waals surface area (Å²) in [5, 5.41) is 16.4. The lowest BCUT2D eigenvalue weighted by Crippen LogP contribution is -2.59. The third-order valence-corrected chi connectivity index (χ3v) is 8.18. The first-order chi connectivity index (χ1) is 18.2. The molecule has 38 heavy (non-hydrogen) atoms. The third-order valence-electron chi connectivity index (χ3n) is 8.18. The highest BCUT2D eigenvalue weighted by Crippen LogP contribution is 2.59. The second-order valence-corrected chi connectivity index (χ2v) is 11.4. The van der Waals surface area contributed by atoms with Crippen LogP contribution in [0.3, 0.4) is 0 Å². The van der Waals surface area contributed by atoms with Gasteiger partial charge in [-0.1, -0.05) is 27.2 Å². The van der Waals surface area contributed by atoms with Crippen molar-refractivity contribution in [2.45, 2.75) is 96.6 Å². The Balaban J connectivity index is 1.64. The maximum absolute atomic E-state index is 14.1. The van der Waals surface area contributed by atoms with Crippen LogP contribution in [0, 0.1) is 17.8 Å². The number of nitrogens with zero attached hydrogens (tertiary/aromatic N) is 1. The van der Waals surface area contributed by atoms with Crippen LogP contribution < -0.4 is 15.4 Å². The van der Waals surface area contributed by atoms with E-state index in [9.17, 15) is 19.5 Å². The SMILES string of the molecule is CCCC(C)NC(=O)C1N([C@@H](CO)CC(C)C)C(=O)[C@@H]2[C@H](C(=O)Nc3ccc(OCC)cc3)[C@@H]3CCC12O3. The van der Waals surface area contributed by atoms with Crippen LogP contribution in [0.1, 0.15) is 66.7 Å². The molecule has 9 nitrogen and oxygen atoms in total. The number of hydrogen-bond acceptors (Lipinski definition) is 6. The normalized spacial score (nSPS) is 29.3. The molecule has 3 saturated heterocycles. The Labute approximate surface area is 225 Å².